The topological polar surface area (TPSA) is 165 Å². The number of sulfonamides is 1. The van der Waals surface area contributed by atoms with Gasteiger partial charge in [-0.25, -0.2) is 17.6 Å². The summed E-state index contributed by atoms with van der Waals surface area (Å²) < 4.78 is 39.2. The minimum absolute atomic E-state index is 0.0374. The zero-order valence-electron chi connectivity index (χ0n) is 28.0. The molecule has 0 aromatic heterocycles. The largest absolute Gasteiger partial charge is 0.870 e. The van der Waals surface area contributed by atoms with E-state index in [2.05, 4.69) is 14.9 Å². The highest BCUT2D eigenvalue weighted by molar-refractivity contribution is 7.92. The Morgan fingerprint density at radius 1 is 1.00 bits per heavy atom. The number of nitrogens with one attached hydrogen (secondary N) is 2. The SMILES string of the molecule is CS(=O)(=O)Nc1cc([C@@H](O)CNCCCCCCCCCN2CCC(N(C(=O)O)c3ccccc3-c3ccc([O-])c(F)c3)CC2)ccc1O. The van der Waals surface area contributed by atoms with Crippen LogP contribution in [0.2, 0.25) is 0 Å². The molecule has 0 saturated carbocycles. The number of phenolic OH excluding ortho intramolecular Hbond substituents is 1. The monoisotopic (exact) mass is 699 g/mol. The molecule has 1 atom stereocenters. The summed E-state index contributed by atoms with van der Waals surface area (Å²) in [5.41, 5.74) is 2.09. The van der Waals surface area contributed by atoms with Crippen molar-refractivity contribution in [3.8, 4) is 22.6 Å². The predicted molar refractivity (Wildman–Crippen MR) is 188 cm³/mol. The summed E-state index contributed by atoms with van der Waals surface area (Å²) in [5, 5.41) is 45.3. The standard InChI is InChI=1S/C36H49FN4O7S/c1-49(47,48)39-31-24-27(14-16-34(31)43)35(44)25-38-19-9-5-3-2-4-6-10-20-40-21-17-28(18-22-40)41(36(45)46)32-12-8-7-11-29(32)26-13-15-33(42)30(37)23-26/h7-8,11-16,23-24,28,35,38-39,42-44H,2-6,9-10,17-22,25H2,1H3,(H,45,46)/p-1/t35-/m0/s1. The van der Waals surface area contributed by atoms with Crippen LogP contribution < -0.4 is 20.0 Å². The van der Waals surface area contributed by atoms with Crippen molar-refractivity contribution >= 4 is 27.5 Å². The number of hydrogen-bond donors (Lipinski definition) is 5. The van der Waals surface area contributed by atoms with Gasteiger partial charge in [-0.1, -0.05) is 74.3 Å². The predicted octanol–water partition coefficient (Wildman–Crippen LogP) is 5.65. The number of carboxylic acid groups (broad SMARTS) is 1. The van der Waals surface area contributed by atoms with Gasteiger partial charge in [-0.05, 0) is 74.2 Å². The van der Waals surface area contributed by atoms with Crippen LogP contribution in [0.3, 0.4) is 0 Å². The molecule has 3 aromatic rings. The number of nitrogens with zero attached hydrogens (tertiary/aromatic N) is 2. The van der Waals surface area contributed by atoms with Crippen molar-refractivity contribution in [2.75, 3.05) is 48.6 Å². The van der Waals surface area contributed by atoms with Gasteiger partial charge in [-0.2, -0.15) is 0 Å². The number of phenols is 1. The fraction of sp³-hybridized carbons (Fsp3) is 0.472. The van der Waals surface area contributed by atoms with Gasteiger partial charge in [0.05, 0.1) is 23.7 Å². The summed E-state index contributed by atoms with van der Waals surface area (Å²) in [5.74, 6) is -1.76. The van der Waals surface area contributed by atoms with Crippen molar-refractivity contribution in [2.24, 2.45) is 0 Å². The Balaban J connectivity index is 1.08. The molecule has 11 nitrogen and oxygen atoms in total. The smallest absolute Gasteiger partial charge is 0.412 e. The number of para-hydroxylation sites is 1. The number of benzene rings is 3. The third-order valence-electron chi connectivity index (χ3n) is 8.90. The lowest BCUT2D eigenvalue weighted by Gasteiger charge is -2.38. The molecule has 5 N–H and O–H groups in total. The molecule has 13 heteroatoms. The first-order valence-corrected chi connectivity index (χ1v) is 18.8. The maximum atomic E-state index is 14.0. The molecule has 3 aromatic carbocycles. The third kappa shape index (κ3) is 11.6. The lowest BCUT2D eigenvalue weighted by Crippen LogP contribution is -2.47. The van der Waals surface area contributed by atoms with Crippen molar-refractivity contribution in [3.05, 3.63) is 72.0 Å². The molecule has 4 rings (SSSR count). The van der Waals surface area contributed by atoms with Crippen molar-refractivity contribution in [1.82, 2.24) is 10.2 Å². The van der Waals surface area contributed by atoms with Crippen LogP contribution >= 0.6 is 0 Å². The molecular weight excluding hydrogens is 651 g/mol. The zero-order valence-corrected chi connectivity index (χ0v) is 28.8. The second kappa shape index (κ2) is 18.2. The summed E-state index contributed by atoms with van der Waals surface area (Å²) in [4.78, 5) is 16.2. The third-order valence-corrected chi connectivity index (χ3v) is 9.49. The van der Waals surface area contributed by atoms with Crippen molar-refractivity contribution in [3.63, 3.8) is 0 Å². The van der Waals surface area contributed by atoms with Gasteiger partial charge in [-0.15, -0.1) is 0 Å². The van der Waals surface area contributed by atoms with Crippen LogP contribution in [0.15, 0.2) is 60.7 Å². The van der Waals surface area contributed by atoms with E-state index in [0.29, 0.717) is 41.8 Å². The van der Waals surface area contributed by atoms with Crippen LogP contribution in [-0.2, 0) is 10.0 Å². The molecule has 0 spiro atoms. The average Bonchev–Trinajstić information content (AvgIpc) is 3.06. The van der Waals surface area contributed by atoms with Gasteiger partial charge in [0.2, 0.25) is 10.0 Å². The Labute approximate surface area is 288 Å². The summed E-state index contributed by atoms with van der Waals surface area (Å²) in [7, 11) is -3.55. The number of hydrogen-bond acceptors (Lipinski definition) is 8. The Morgan fingerprint density at radius 2 is 1.67 bits per heavy atom. The van der Waals surface area contributed by atoms with E-state index in [0.717, 1.165) is 83.4 Å². The molecule has 1 heterocycles. The highest BCUT2D eigenvalue weighted by Gasteiger charge is 2.30. The van der Waals surface area contributed by atoms with Gasteiger partial charge in [0.15, 0.2) is 0 Å². The quantitative estimate of drug-likeness (QED) is 0.0834. The molecule has 1 aliphatic heterocycles. The Morgan fingerprint density at radius 3 is 2.35 bits per heavy atom. The highest BCUT2D eigenvalue weighted by Crippen LogP contribution is 2.35. The number of carbonyl (C=O) groups is 1. The normalized spacial score (nSPS) is 14.8. The summed E-state index contributed by atoms with van der Waals surface area (Å²) in [6, 6.07) is 15.1. The number of anilines is 2. The number of aliphatic hydroxyl groups is 1. The molecule has 1 saturated heterocycles. The van der Waals surface area contributed by atoms with Crippen LogP contribution in [0.4, 0.5) is 20.6 Å². The van der Waals surface area contributed by atoms with E-state index in [1.54, 1.807) is 30.3 Å². The van der Waals surface area contributed by atoms with E-state index in [-0.39, 0.29) is 17.5 Å². The minimum Gasteiger partial charge on any atom is -0.870 e. The summed E-state index contributed by atoms with van der Waals surface area (Å²) >= 11 is 0. The van der Waals surface area contributed by atoms with Gasteiger partial charge in [0.1, 0.15) is 11.6 Å². The van der Waals surface area contributed by atoms with Gasteiger partial charge in [0, 0.05) is 31.2 Å². The van der Waals surface area contributed by atoms with Crippen LogP contribution in [0.5, 0.6) is 11.5 Å². The van der Waals surface area contributed by atoms with E-state index in [4.69, 9.17) is 0 Å². The molecule has 1 aliphatic rings. The average molecular weight is 700 g/mol. The molecule has 268 valence electrons. The molecule has 0 unspecified atom stereocenters. The first-order valence-electron chi connectivity index (χ1n) is 16.9. The number of aliphatic hydroxyl groups excluding tert-OH is 1. The molecule has 0 bridgehead atoms. The lowest BCUT2D eigenvalue weighted by molar-refractivity contribution is -0.272. The summed E-state index contributed by atoms with van der Waals surface area (Å²) in [6.07, 6.45) is 8.27. The number of likely N-dealkylation sites (tertiary alicyclic amines) is 1. The highest BCUT2D eigenvalue weighted by atomic mass is 32.2. The second-order valence-corrected chi connectivity index (χ2v) is 14.5. The van der Waals surface area contributed by atoms with E-state index < -0.39 is 33.8 Å². The molecule has 1 amide bonds. The van der Waals surface area contributed by atoms with Crippen molar-refractivity contribution in [1.29, 1.82) is 0 Å². The van der Waals surface area contributed by atoms with E-state index in [9.17, 15) is 38.0 Å². The molecular formula is C36H48FN4O7S-. The zero-order chi connectivity index (χ0) is 35.4. The Hall–Kier alpha value is -3.91. The minimum atomic E-state index is -3.55. The maximum absolute atomic E-state index is 14.0. The van der Waals surface area contributed by atoms with Gasteiger partial charge >= 0.3 is 6.09 Å². The maximum Gasteiger partial charge on any atom is 0.412 e. The number of unbranched alkanes of at least 4 members (excludes halogenated alkanes) is 6. The molecule has 1 fully saturated rings. The van der Waals surface area contributed by atoms with Crippen molar-refractivity contribution in [2.45, 2.75) is 69.9 Å². The van der Waals surface area contributed by atoms with Gasteiger partial charge in [-0.3, -0.25) is 9.62 Å². The van der Waals surface area contributed by atoms with E-state index >= 15 is 0 Å². The summed E-state index contributed by atoms with van der Waals surface area (Å²) in [6.45, 7) is 3.68. The number of halogens is 1. The molecule has 0 radical (unpaired) electrons. The van der Waals surface area contributed by atoms with Crippen LogP contribution in [0.1, 0.15) is 69.5 Å². The van der Waals surface area contributed by atoms with Crippen LogP contribution in [0.25, 0.3) is 11.1 Å². The second-order valence-electron chi connectivity index (χ2n) is 12.7. The molecule has 0 aliphatic carbocycles. The van der Waals surface area contributed by atoms with Crippen molar-refractivity contribution < 1.29 is 38.0 Å². The first-order chi connectivity index (χ1) is 23.4. The molecule has 49 heavy (non-hydrogen) atoms. The number of piperidine rings is 1. The van der Waals surface area contributed by atoms with E-state index in [1.807, 2.05) is 0 Å². The first kappa shape index (κ1) is 37.9. The Bertz CT molecular complexity index is 1630. The number of aromatic hydroxyl groups is 1. The fourth-order valence-corrected chi connectivity index (χ4v) is 6.88. The number of amides is 1. The van der Waals surface area contributed by atoms with Gasteiger partial charge in [0.25, 0.3) is 0 Å². The van der Waals surface area contributed by atoms with Crippen LogP contribution in [-0.4, -0.2) is 79.8 Å². The fourth-order valence-electron chi connectivity index (χ4n) is 6.32. The lowest BCUT2D eigenvalue weighted by atomic mass is 9.98. The number of rotatable bonds is 18. The Kier molecular flexibility index (Phi) is 14.1. The van der Waals surface area contributed by atoms with E-state index in [1.165, 1.54) is 29.2 Å². The van der Waals surface area contributed by atoms with Crippen LogP contribution in [0, 0.1) is 5.82 Å². The van der Waals surface area contributed by atoms with Gasteiger partial charge < -0.3 is 30.6 Å².